The molecular weight excluding hydrogens is 398 g/mol. The number of para-hydroxylation sites is 2. The normalized spacial score (nSPS) is 14.6. The van der Waals surface area contributed by atoms with Gasteiger partial charge >= 0.3 is 5.97 Å². The second kappa shape index (κ2) is 7.68. The molecule has 0 fully saturated rings. The summed E-state index contributed by atoms with van der Waals surface area (Å²) in [5.41, 5.74) is 1.93. The van der Waals surface area contributed by atoms with Crippen molar-refractivity contribution in [1.82, 2.24) is 0 Å². The number of esters is 1. The number of anilines is 1. The topological polar surface area (TPSA) is 83.1 Å². The van der Waals surface area contributed by atoms with Crippen LogP contribution in [0.5, 0.6) is 23.0 Å². The molecule has 3 aromatic rings. The van der Waals surface area contributed by atoms with Crippen molar-refractivity contribution in [3.8, 4) is 23.0 Å². The Morgan fingerprint density at radius 1 is 0.903 bits per heavy atom. The van der Waals surface area contributed by atoms with Gasteiger partial charge in [-0.1, -0.05) is 36.4 Å². The first-order chi connectivity index (χ1) is 15.1. The Bertz CT molecular complexity index is 1130. The van der Waals surface area contributed by atoms with E-state index in [1.165, 1.54) is 6.92 Å². The lowest BCUT2D eigenvalue weighted by Gasteiger charge is -2.27. The fraction of sp³-hybridized carbons (Fsp3) is 0.167. The molecule has 3 aromatic carbocycles. The smallest absolute Gasteiger partial charge is 0.318 e. The highest BCUT2D eigenvalue weighted by Crippen LogP contribution is 2.44. The average molecular weight is 417 g/mol. The molecule has 7 nitrogen and oxygen atoms in total. The van der Waals surface area contributed by atoms with Crippen molar-refractivity contribution in [2.24, 2.45) is 0 Å². The van der Waals surface area contributed by atoms with Gasteiger partial charge in [0, 0.05) is 22.9 Å². The summed E-state index contributed by atoms with van der Waals surface area (Å²) in [6.07, 6.45) is -1.000. The molecule has 0 unspecified atom stereocenters. The molecule has 5 rings (SSSR count). The van der Waals surface area contributed by atoms with Gasteiger partial charge in [0.2, 0.25) is 6.79 Å². The number of ether oxygens (including phenoxy) is 4. The van der Waals surface area contributed by atoms with Crippen LogP contribution in [0.2, 0.25) is 0 Å². The van der Waals surface area contributed by atoms with E-state index >= 15 is 0 Å². The predicted octanol–water partition coefficient (Wildman–Crippen LogP) is 4.22. The molecule has 2 aliphatic heterocycles. The molecule has 1 amide bonds. The molecule has 2 heterocycles. The van der Waals surface area contributed by atoms with Crippen LogP contribution < -0.4 is 19.5 Å². The van der Waals surface area contributed by atoms with Gasteiger partial charge in [-0.15, -0.1) is 0 Å². The van der Waals surface area contributed by atoms with E-state index in [1.807, 2.05) is 36.4 Å². The molecule has 0 radical (unpaired) electrons. The van der Waals surface area contributed by atoms with Crippen LogP contribution in [0.3, 0.4) is 0 Å². The lowest BCUT2D eigenvalue weighted by Crippen LogP contribution is -2.32. The summed E-state index contributed by atoms with van der Waals surface area (Å²) in [6.45, 7) is 1.69. The number of amides is 1. The molecule has 0 aromatic heterocycles. The third-order valence-corrected chi connectivity index (χ3v) is 5.22. The Balaban J connectivity index is 1.33. The van der Waals surface area contributed by atoms with E-state index in [4.69, 9.17) is 18.9 Å². The van der Waals surface area contributed by atoms with E-state index in [0.29, 0.717) is 39.8 Å². The zero-order chi connectivity index (χ0) is 21.4. The van der Waals surface area contributed by atoms with Crippen LogP contribution in [0.25, 0.3) is 0 Å². The van der Waals surface area contributed by atoms with Crippen molar-refractivity contribution in [2.45, 2.75) is 18.9 Å². The second-order valence-corrected chi connectivity index (χ2v) is 7.25. The van der Waals surface area contributed by atoms with Crippen LogP contribution in [0.4, 0.5) is 5.69 Å². The summed E-state index contributed by atoms with van der Waals surface area (Å²) in [4.78, 5) is 25.8. The zero-order valence-electron chi connectivity index (χ0n) is 16.7. The van der Waals surface area contributed by atoms with Gasteiger partial charge in [0.25, 0.3) is 5.91 Å². The van der Waals surface area contributed by atoms with Crippen LogP contribution in [0, 0.1) is 0 Å². The van der Waals surface area contributed by atoms with Crippen molar-refractivity contribution in [3.05, 3.63) is 77.9 Å². The maximum Gasteiger partial charge on any atom is 0.318 e. The molecule has 2 aliphatic rings. The molecule has 156 valence electrons. The molecule has 1 atom stereocenters. The molecule has 0 saturated carbocycles. The van der Waals surface area contributed by atoms with Gasteiger partial charge < -0.3 is 24.3 Å². The number of hydrogen-bond acceptors (Lipinski definition) is 6. The van der Waals surface area contributed by atoms with E-state index in [9.17, 15) is 9.59 Å². The quantitative estimate of drug-likeness (QED) is 0.640. The maximum absolute atomic E-state index is 13.1. The Hall–Kier alpha value is -4.00. The summed E-state index contributed by atoms with van der Waals surface area (Å²) in [5, 5.41) is 2.74. The van der Waals surface area contributed by atoms with Gasteiger partial charge in [0.1, 0.15) is 17.4 Å². The molecular formula is C24H19NO6. The van der Waals surface area contributed by atoms with Crippen molar-refractivity contribution < 1.29 is 28.5 Å². The van der Waals surface area contributed by atoms with Gasteiger partial charge in [-0.05, 0) is 31.2 Å². The standard InChI is InChI=1S/C24H19NO6/c1-14(23(26)25-15-10-11-20-21(12-15)29-13-28-20)30-24(27)22-16-6-2-4-8-18(16)31-19-9-5-3-7-17(19)22/h2-12,14,22H,13H2,1H3,(H,25,26)/t14-/m1/s1. The highest BCUT2D eigenvalue weighted by molar-refractivity contribution is 5.96. The van der Waals surface area contributed by atoms with Crippen LogP contribution in [-0.2, 0) is 14.3 Å². The second-order valence-electron chi connectivity index (χ2n) is 7.25. The van der Waals surface area contributed by atoms with E-state index in [-0.39, 0.29) is 6.79 Å². The van der Waals surface area contributed by atoms with Crippen molar-refractivity contribution in [1.29, 1.82) is 0 Å². The molecule has 0 spiro atoms. The Labute approximate surface area is 178 Å². The number of rotatable bonds is 4. The first-order valence-corrected chi connectivity index (χ1v) is 9.87. The monoisotopic (exact) mass is 417 g/mol. The lowest BCUT2D eigenvalue weighted by molar-refractivity contribution is -0.153. The minimum atomic E-state index is -1.000. The number of fused-ring (bicyclic) bond motifs is 3. The molecule has 1 N–H and O–H groups in total. The van der Waals surface area contributed by atoms with Crippen LogP contribution >= 0.6 is 0 Å². The number of hydrogen-bond donors (Lipinski definition) is 1. The Morgan fingerprint density at radius 2 is 1.55 bits per heavy atom. The third-order valence-electron chi connectivity index (χ3n) is 5.22. The fourth-order valence-electron chi connectivity index (χ4n) is 3.68. The first-order valence-electron chi connectivity index (χ1n) is 9.87. The number of nitrogens with one attached hydrogen (secondary N) is 1. The number of carbonyl (C=O) groups is 2. The van der Waals surface area contributed by atoms with Crippen molar-refractivity contribution >= 4 is 17.6 Å². The minimum absolute atomic E-state index is 0.148. The van der Waals surface area contributed by atoms with Gasteiger partial charge in [-0.3, -0.25) is 9.59 Å². The van der Waals surface area contributed by atoms with E-state index < -0.39 is 23.9 Å². The summed E-state index contributed by atoms with van der Waals surface area (Å²) < 4.78 is 22.1. The van der Waals surface area contributed by atoms with Crippen LogP contribution in [0.1, 0.15) is 24.0 Å². The molecule has 31 heavy (non-hydrogen) atoms. The summed E-state index contributed by atoms with van der Waals surface area (Å²) in [5.74, 6) is 0.729. The summed E-state index contributed by atoms with van der Waals surface area (Å²) in [6, 6.07) is 19.7. The largest absolute Gasteiger partial charge is 0.457 e. The van der Waals surface area contributed by atoms with Crippen molar-refractivity contribution in [3.63, 3.8) is 0 Å². The molecule has 0 bridgehead atoms. The molecule has 7 heteroatoms. The van der Waals surface area contributed by atoms with E-state index in [0.717, 1.165) is 0 Å². The highest BCUT2D eigenvalue weighted by Gasteiger charge is 2.35. The molecule has 0 aliphatic carbocycles. The molecule has 0 saturated heterocycles. The average Bonchev–Trinajstić information content (AvgIpc) is 3.25. The van der Waals surface area contributed by atoms with Gasteiger partial charge in [-0.2, -0.15) is 0 Å². The van der Waals surface area contributed by atoms with E-state index in [1.54, 1.807) is 30.3 Å². The van der Waals surface area contributed by atoms with Gasteiger partial charge in [-0.25, -0.2) is 0 Å². The third kappa shape index (κ3) is 3.54. The highest BCUT2D eigenvalue weighted by atomic mass is 16.7. The summed E-state index contributed by atoms with van der Waals surface area (Å²) in [7, 11) is 0. The predicted molar refractivity (Wildman–Crippen MR) is 112 cm³/mol. The van der Waals surface area contributed by atoms with Crippen LogP contribution in [-0.4, -0.2) is 24.8 Å². The van der Waals surface area contributed by atoms with Crippen LogP contribution in [0.15, 0.2) is 66.7 Å². The zero-order valence-corrected chi connectivity index (χ0v) is 16.7. The Morgan fingerprint density at radius 3 is 2.26 bits per heavy atom. The minimum Gasteiger partial charge on any atom is -0.457 e. The van der Waals surface area contributed by atoms with Gasteiger partial charge in [0.15, 0.2) is 17.6 Å². The fourth-order valence-corrected chi connectivity index (χ4v) is 3.68. The first kappa shape index (κ1) is 19.0. The van der Waals surface area contributed by atoms with Crippen molar-refractivity contribution in [2.75, 3.05) is 12.1 Å². The Kier molecular flexibility index (Phi) is 4.71. The van der Waals surface area contributed by atoms with E-state index in [2.05, 4.69) is 5.32 Å². The SMILES string of the molecule is C[C@@H](OC(=O)C1c2ccccc2Oc2ccccc21)C(=O)Nc1ccc2c(c1)OCO2. The van der Waals surface area contributed by atoms with Gasteiger partial charge in [0.05, 0.1) is 0 Å². The maximum atomic E-state index is 13.1. The number of carbonyl (C=O) groups excluding carboxylic acids is 2. The number of benzene rings is 3. The lowest BCUT2D eigenvalue weighted by atomic mass is 9.88. The summed E-state index contributed by atoms with van der Waals surface area (Å²) >= 11 is 0.